The lowest BCUT2D eigenvalue weighted by Crippen LogP contribution is -2.12. The summed E-state index contributed by atoms with van der Waals surface area (Å²) in [6.45, 7) is 4.66. The fourth-order valence-electron chi connectivity index (χ4n) is 1.92. The van der Waals surface area contributed by atoms with E-state index in [0.717, 1.165) is 17.1 Å². The van der Waals surface area contributed by atoms with Crippen molar-refractivity contribution in [2.75, 3.05) is 17.9 Å². The third-order valence-electron chi connectivity index (χ3n) is 2.92. The van der Waals surface area contributed by atoms with Crippen LogP contribution in [0.2, 0.25) is 0 Å². The number of ether oxygens (including phenoxy) is 1. The van der Waals surface area contributed by atoms with Crippen molar-refractivity contribution in [2.45, 2.75) is 26.4 Å². The molecule has 1 aromatic heterocycles. The number of hydrazine groups is 1. The fraction of sp³-hybridized carbons (Fsp3) is 0.333. The Morgan fingerprint density at radius 3 is 2.62 bits per heavy atom. The van der Waals surface area contributed by atoms with Gasteiger partial charge in [-0.1, -0.05) is 26.0 Å². The third-order valence-corrected chi connectivity index (χ3v) is 2.92. The number of benzene rings is 1. The number of nitrogens with two attached hydrogens (primary N) is 1. The van der Waals surface area contributed by atoms with E-state index in [1.54, 1.807) is 13.2 Å². The van der Waals surface area contributed by atoms with Gasteiger partial charge in [0.25, 0.3) is 0 Å². The van der Waals surface area contributed by atoms with Gasteiger partial charge in [0.1, 0.15) is 17.5 Å². The van der Waals surface area contributed by atoms with Crippen molar-refractivity contribution in [2.24, 2.45) is 5.84 Å². The molecule has 0 atom stereocenters. The standard InChI is InChI=1S/C15H21N5O/c1-10(2)15-18-13(8-14(19-15)20-16)17-12-6-4-5-11(7-12)9-21-3/h4-8,10H,9,16H2,1-3H3,(H2,17,18,19,20). The number of rotatable bonds is 6. The number of nitrogens with one attached hydrogen (secondary N) is 2. The topological polar surface area (TPSA) is 85.1 Å². The Labute approximate surface area is 124 Å². The van der Waals surface area contributed by atoms with Crippen LogP contribution in [0.3, 0.4) is 0 Å². The summed E-state index contributed by atoms with van der Waals surface area (Å²) in [5.41, 5.74) is 4.61. The molecule has 2 rings (SSSR count). The van der Waals surface area contributed by atoms with E-state index in [1.165, 1.54) is 0 Å². The highest BCUT2D eigenvalue weighted by Crippen LogP contribution is 2.21. The largest absolute Gasteiger partial charge is 0.380 e. The van der Waals surface area contributed by atoms with Crippen molar-refractivity contribution >= 4 is 17.3 Å². The zero-order valence-corrected chi connectivity index (χ0v) is 12.6. The molecule has 0 radical (unpaired) electrons. The summed E-state index contributed by atoms with van der Waals surface area (Å²) in [6.07, 6.45) is 0. The van der Waals surface area contributed by atoms with E-state index in [-0.39, 0.29) is 5.92 Å². The molecule has 6 nitrogen and oxygen atoms in total. The zero-order chi connectivity index (χ0) is 15.2. The second kappa shape index (κ2) is 7.01. The summed E-state index contributed by atoms with van der Waals surface area (Å²) < 4.78 is 5.14. The summed E-state index contributed by atoms with van der Waals surface area (Å²) in [7, 11) is 1.68. The fourth-order valence-corrected chi connectivity index (χ4v) is 1.92. The van der Waals surface area contributed by atoms with Crippen LogP contribution < -0.4 is 16.6 Å². The molecule has 0 aliphatic rings. The summed E-state index contributed by atoms with van der Waals surface area (Å²) in [6, 6.07) is 9.77. The van der Waals surface area contributed by atoms with E-state index in [1.807, 2.05) is 38.1 Å². The average Bonchev–Trinajstić information content (AvgIpc) is 2.47. The molecule has 1 heterocycles. The number of anilines is 3. The lowest BCUT2D eigenvalue weighted by atomic mass is 10.2. The number of methoxy groups -OCH3 is 1. The number of hydrogen-bond donors (Lipinski definition) is 3. The molecule has 0 fully saturated rings. The molecule has 2 aromatic rings. The van der Waals surface area contributed by atoms with Crippen LogP contribution in [0.15, 0.2) is 30.3 Å². The van der Waals surface area contributed by atoms with Crippen molar-refractivity contribution in [3.05, 3.63) is 41.7 Å². The molecule has 0 saturated carbocycles. The normalized spacial score (nSPS) is 10.7. The maximum Gasteiger partial charge on any atom is 0.145 e. The summed E-state index contributed by atoms with van der Waals surface area (Å²) in [4.78, 5) is 8.84. The quantitative estimate of drug-likeness (QED) is 0.559. The van der Waals surface area contributed by atoms with Gasteiger partial charge in [0, 0.05) is 24.8 Å². The van der Waals surface area contributed by atoms with Crippen LogP contribution in [-0.2, 0) is 11.3 Å². The molecule has 0 saturated heterocycles. The molecule has 21 heavy (non-hydrogen) atoms. The Kier molecular flexibility index (Phi) is 5.08. The Morgan fingerprint density at radius 2 is 1.95 bits per heavy atom. The molecule has 112 valence electrons. The number of nitrogens with zero attached hydrogens (tertiary/aromatic N) is 2. The first-order valence-corrected chi connectivity index (χ1v) is 6.83. The minimum absolute atomic E-state index is 0.221. The van der Waals surface area contributed by atoms with Gasteiger partial charge in [0.2, 0.25) is 0 Å². The first-order valence-electron chi connectivity index (χ1n) is 6.83. The lowest BCUT2D eigenvalue weighted by Gasteiger charge is -2.12. The first-order chi connectivity index (χ1) is 10.1. The van der Waals surface area contributed by atoms with Gasteiger partial charge >= 0.3 is 0 Å². The van der Waals surface area contributed by atoms with E-state index in [4.69, 9.17) is 10.6 Å². The van der Waals surface area contributed by atoms with E-state index >= 15 is 0 Å². The number of hydrogen-bond acceptors (Lipinski definition) is 6. The summed E-state index contributed by atoms with van der Waals surface area (Å²) in [5, 5.41) is 3.27. The average molecular weight is 287 g/mol. The molecular formula is C15H21N5O. The van der Waals surface area contributed by atoms with Crippen LogP contribution >= 0.6 is 0 Å². The van der Waals surface area contributed by atoms with Gasteiger partial charge in [-0.3, -0.25) is 0 Å². The predicted molar refractivity (Wildman–Crippen MR) is 84.4 cm³/mol. The van der Waals surface area contributed by atoms with Gasteiger partial charge in [-0.05, 0) is 17.7 Å². The Morgan fingerprint density at radius 1 is 1.19 bits per heavy atom. The van der Waals surface area contributed by atoms with Crippen LogP contribution in [0.4, 0.5) is 17.3 Å². The van der Waals surface area contributed by atoms with Crippen molar-refractivity contribution < 1.29 is 4.74 Å². The van der Waals surface area contributed by atoms with E-state index in [0.29, 0.717) is 18.2 Å². The van der Waals surface area contributed by atoms with E-state index < -0.39 is 0 Å². The van der Waals surface area contributed by atoms with Gasteiger partial charge in [-0.25, -0.2) is 15.8 Å². The Hall–Kier alpha value is -2.18. The minimum Gasteiger partial charge on any atom is -0.380 e. The zero-order valence-electron chi connectivity index (χ0n) is 12.6. The monoisotopic (exact) mass is 287 g/mol. The molecule has 6 heteroatoms. The molecule has 0 aliphatic heterocycles. The van der Waals surface area contributed by atoms with Gasteiger partial charge < -0.3 is 15.5 Å². The third kappa shape index (κ3) is 4.14. The molecule has 0 aliphatic carbocycles. The molecule has 4 N–H and O–H groups in total. The molecule has 0 spiro atoms. The maximum atomic E-state index is 5.46. The van der Waals surface area contributed by atoms with E-state index in [2.05, 4.69) is 20.7 Å². The predicted octanol–water partition coefficient (Wildman–Crippen LogP) is 2.78. The van der Waals surface area contributed by atoms with Crippen LogP contribution in [0.25, 0.3) is 0 Å². The smallest absolute Gasteiger partial charge is 0.145 e. The van der Waals surface area contributed by atoms with Gasteiger partial charge in [0.15, 0.2) is 0 Å². The van der Waals surface area contributed by atoms with Crippen molar-refractivity contribution in [1.29, 1.82) is 0 Å². The number of nitrogen functional groups attached to an aromatic ring is 1. The lowest BCUT2D eigenvalue weighted by molar-refractivity contribution is 0.185. The number of aromatic nitrogens is 2. The van der Waals surface area contributed by atoms with Crippen LogP contribution in [0.1, 0.15) is 31.2 Å². The molecule has 0 bridgehead atoms. The van der Waals surface area contributed by atoms with E-state index in [9.17, 15) is 0 Å². The van der Waals surface area contributed by atoms with Gasteiger partial charge in [-0.2, -0.15) is 0 Å². The Balaban J connectivity index is 2.26. The van der Waals surface area contributed by atoms with Crippen molar-refractivity contribution in [1.82, 2.24) is 9.97 Å². The van der Waals surface area contributed by atoms with Crippen molar-refractivity contribution in [3.63, 3.8) is 0 Å². The molecule has 0 unspecified atom stereocenters. The molecule has 1 aromatic carbocycles. The van der Waals surface area contributed by atoms with Crippen molar-refractivity contribution in [3.8, 4) is 0 Å². The first kappa shape index (κ1) is 15.2. The highest BCUT2D eigenvalue weighted by atomic mass is 16.5. The van der Waals surface area contributed by atoms with Crippen LogP contribution in [-0.4, -0.2) is 17.1 Å². The summed E-state index contributed by atoms with van der Waals surface area (Å²) in [5.74, 6) is 7.71. The molecule has 0 amide bonds. The molecular weight excluding hydrogens is 266 g/mol. The highest BCUT2D eigenvalue weighted by Gasteiger charge is 2.08. The SMILES string of the molecule is COCc1cccc(Nc2cc(NN)nc(C(C)C)n2)c1. The van der Waals surface area contributed by atoms with Crippen LogP contribution in [0.5, 0.6) is 0 Å². The van der Waals surface area contributed by atoms with Gasteiger partial charge in [0.05, 0.1) is 6.61 Å². The highest BCUT2D eigenvalue weighted by molar-refractivity contribution is 5.59. The van der Waals surface area contributed by atoms with Crippen LogP contribution in [0, 0.1) is 0 Å². The Bertz CT molecular complexity index is 600. The second-order valence-corrected chi connectivity index (χ2v) is 5.05. The second-order valence-electron chi connectivity index (χ2n) is 5.05. The summed E-state index contributed by atoms with van der Waals surface area (Å²) >= 11 is 0. The maximum absolute atomic E-state index is 5.46. The minimum atomic E-state index is 0.221. The van der Waals surface area contributed by atoms with Gasteiger partial charge in [-0.15, -0.1) is 0 Å².